The summed E-state index contributed by atoms with van der Waals surface area (Å²) in [5.74, 6) is 2.09. The maximum Gasteiger partial charge on any atom is 0.310 e. The van der Waals surface area contributed by atoms with Crippen LogP contribution in [0.3, 0.4) is 0 Å². The average molecular weight is 261 g/mol. The smallest absolute Gasteiger partial charge is 0.310 e. The number of fused-ring (bicyclic) bond motifs is 5. The van der Waals surface area contributed by atoms with E-state index in [-0.39, 0.29) is 17.9 Å². The van der Waals surface area contributed by atoms with Gasteiger partial charge in [-0.25, -0.2) is 0 Å². The molecular formula is C15H19NO3. The lowest BCUT2D eigenvalue weighted by Crippen LogP contribution is -2.35. The highest BCUT2D eigenvalue weighted by molar-refractivity contribution is 5.83. The van der Waals surface area contributed by atoms with Gasteiger partial charge < -0.3 is 10.4 Å². The average Bonchev–Trinajstić information content (AvgIpc) is 2.75. The van der Waals surface area contributed by atoms with Crippen molar-refractivity contribution in [2.45, 2.75) is 31.7 Å². The number of amides is 1. The maximum atomic E-state index is 12.3. The van der Waals surface area contributed by atoms with Crippen LogP contribution in [-0.2, 0) is 9.59 Å². The molecule has 1 amide bonds. The van der Waals surface area contributed by atoms with Crippen LogP contribution in [0.1, 0.15) is 25.7 Å². The van der Waals surface area contributed by atoms with Gasteiger partial charge in [-0.3, -0.25) is 9.59 Å². The van der Waals surface area contributed by atoms with Crippen LogP contribution < -0.4 is 5.32 Å². The van der Waals surface area contributed by atoms with E-state index in [1.807, 2.05) is 6.08 Å². The van der Waals surface area contributed by atoms with E-state index >= 15 is 0 Å². The van der Waals surface area contributed by atoms with Crippen molar-refractivity contribution in [2.24, 2.45) is 35.5 Å². The molecule has 4 aliphatic rings. The summed E-state index contributed by atoms with van der Waals surface area (Å²) in [6, 6.07) is -0.0763. The first-order valence-electron chi connectivity index (χ1n) is 7.36. The summed E-state index contributed by atoms with van der Waals surface area (Å²) in [6.45, 7) is 0. The van der Waals surface area contributed by atoms with Crippen molar-refractivity contribution in [3.05, 3.63) is 12.2 Å². The van der Waals surface area contributed by atoms with Crippen molar-refractivity contribution >= 4 is 11.9 Å². The van der Waals surface area contributed by atoms with Crippen LogP contribution >= 0.6 is 0 Å². The van der Waals surface area contributed by atoms with E-state index < -0.39 is 11.9 Å². The zero-order valence-corrected chi connectivity index (χ0v) is 10.8. The van der Waals surface area contributed by atoms with Gasteiger partial charge >= 0.3 is 5.97 Å². The molecule has 4 nitrogen and oxygen atoms in total. The molecule has 2 N–H and O–H groups in total. The molecule has 3 saturated carbocycles. The third-order valence-corrected chi connectivity index (χ3v) is 5.77. The third kappa shape index (κ3) is 1.65. The number of carbonyl (C=O) groups excluding carboxylic acids is 1. The third-order valence-electron chi connectivity index (χ3n) is 5.77. The van der Waals surface area contributed by atoms with Crippen LogP contribution in [0.25, 0.3) is 0 Å². The summed E-state index contributed by atoms with van der Waals surface area (Å²) < 4.78 is 0. The second-order valence-corrected chi connectivity index (χ2v) is 6.69. The fraction of sp³-hybridized carbons (Fsp3) is 0.733. The Bertz CT molecular complexity index is 456. The van der Waals surface area contributed by atoms with Gasteiger partial charge in [-0.2, -0.15) is 0 Å². The van der Waals surface area contributed by atoms with E-state index in [0.29, 0.717) is 18.3 Å². The highest BCUT2D eigenvalue weighted by atomic mass is 16.4. The Labute approximate surface area is 112 Å². The van der Waals surface area contributed by atoms with Crippen LogP contribution in [0.5, 0.6) is 0 Å². The summed E-state index contributed by atoms with van der Waals surface area (Å²) in [4.78, 5) is 23.1. The van der Waals surface area contributed by atoms with E-state index in [2.05, 4.69) is 5.32 Å². The number of nitrogens with one attached hydrogen (secondary N) is 1. The number of carboxylic acid groups (broad SMARTS) is 1. The predicted octanol–water partition coefficient (Wildman–Crippen LogP) is 1.42. The Morgan fingerprint density at radius 1 is 1.05 bits per heavy atom. The van der Waals surface area contributed by atoms with Gasteiger partial charge in [0.15, 0.2) is 0 Å². The normalized spacial score (nSPS) is 49.2. The Balaban J connectivity index is 1.35. The predicted molar refractivity (Wildman–Crippen MR) is 68.1 cm³/mol. The SMILES string of the molecule is O=C(O)C1C=CC(NC(=O)C2C3C4CCC(C4)C23)C1. The van der Waals surface area contributed by atoms with Gasteiger partial charge in [-0.05, 0) is 49.4 Å². The van der Waals surface area contributed by atoms with Crippen molar-refractivity contribution < 1.29 is 14.7 Å². The van der Waals surface area contributed by atoms with Gasteiger partial charge in [0.05, 0.1) is 5.92 Å². The number of hydrogen-bond acceptors (Lipinski definition) is 2. The van der Waals surface area contributed by atoms with Crippen molar-refractivity contribution in [3.8, 4) is 0 Å². The van der Waals surface area contributed by atoms with Crippen molar-refractivity contribution in [3.63, 3.8) is 0 Å². The zero-order chi connectivity index (χ0) is 13.1. The van der Waals surface area contributed by atoms with E-state index in [9.17, 15) is 9.59 Å². The first kappa shape index (κ1) is 11.5. The molecule has 0 saturated heterocycles. The topological polar surface area (TPSA) is 66.4 Å². The van der Waals surface area contributed by atoms with Crippen molar-refractivity contribution in [1.29, 1.82) is 0 Å². The minimum absolute atomic E-state index is 0.0763. The molecule has 0 aliphatic heterocycles. The van der Waals surface area contributed by atoms with Crippen LogP contribution in [0, 0.1) is 35.5 Å². The van der Waals surface area contributed by atoms with Crippen LogP contribution in [0.4, 0.5) is 0 Å². The lowest BCUT2D eigenvalue weighted by molar-refractivity contribution is -0.140. The minimum Gasteiger partial charge on any atom is -0.481 e. The molecule has 4 heteroatoms. The zero-order valence-electron chi connectivity index (χ0n) is 10.8. The van der Waals surface area contributed by atoms with E-state index in [1.54, 1.807) is 6.08 Å². The largest absolute Gasteiger partial charge is 0.481 e. The van der Waals surface area contributed by atoms with Gasteiger partial charge in [0.1, 0.15) is 0 Å². The fourth-order valence-corrected chi connectivity index (χ4v) is 4.94. The summed E-state index contributed by atoms with van der Waals surface area (Å²) in [7, 11) is 0. The number of rotatable bonds is 3. The summed E-state index contributed by atoms with van der Waals surface area (Å²) in [6.07, 6.45) is 8.04. The molecule has 3 fully saturated rings. The Kier molecular flexibility index (Phi) is 2.32. The van der Waals surface area contributed by atoms with E-state index in [4.69, 9.17) is 5.11 Å². The lowest BCUT2D eigenvalue weighted by atomic mass is 10.0. The molecule has 0 spiro atoms. The highest BCUT2D eigenvalue weighted by Gasteiger charge is 2.67. The summed E-state index contributed by atoms with van der Waals surface area (Å²) >= 11 is 0. The molecule has 2 bridgehead atoms. The molecule has 19 heavy (non-hydrogen) atoms. The monoisotopic (exact) mass is 261 g/mol. The van der Waals surface area contributed by atoms with Gasteiger partial charge in [0.25, 0.3) is 0 Å². The van der Waals surface area contributed by atoms with Crippen LogP contribution in [-0.4, -0.2) is 23.0 Å². The summed E-state index contributed by atoms with van der Waals surface area (Å²) in [5.41, 5.74) is 0. The van der Waals surface area contributed by atoms with Crippen LogP contribution in [0.2, 0.25) is 0 Å². The number of hydrogen-bond donors (Lipinski definition) is 2. The molecule has 6 atom stereocenters. The highest BCUT2D eigenvalue weighted by Crippen LogP contribution is 2.69. The number of aliphatic carboxylic acids is 1. The van der Waals surface area contributed by atoms with E-state index in [0.717, 1.165) is 11.8 Å². The molecule has 6 unspecified atom stereocenters. The molecule has 0 aromatic rings. The molecule has 0 aromatic carbocycles. The Hall–Kier alpha value is -1.32. The van der Waals surface area contributed by atoms with Gasteiger partial charge in [-0.1, -0.05) is 12.2 Å². The first-order valence-corrected chi connectivity index (χ1v) is 7.36. The standard InChI is InChI=1S/C15H19NO3/c17-14(16-10-4-3-9(6-10)15(18)19)13-11-7-1-2-8(5-7)12(11)13/h3-4,7-13H,1-2,5-6H2,(H,16,17)(H,18,19). The molecule has 0 heterocycles. The second kappa shape index (κ2) is 3.84. The summed E-state index contributed by atoms with van der Waals surface area (Å²) in [5, 5.41) is 12.0. The quantitative estimate of drug-likeness (QED) is 0.755. The fourth-order valence-electron chi connectivity index (χ4n) is 4.94. The number of carbonyl (C=O) groups is 2. The van der Waals surface area contributed by atoms with Gasteiger partial charge in [0, 0.05) is 12.0 Å². The second-order valence-electron chi connectivity index (χ2n) is 6.69. The molecular weight excluding hydrogens is 242 g/mol. The minimum atomic E-state index is -0.797. The molecule has 4 rings (SSSR count). The molecule has 0 aromatic heterocycles. The Morgan fingerprint density at radius 2 is 1.74 bits per heavy atom. The van der Waals surface area contributed by atoms with Crippen molar-refractivity contribution in [1.82, 2.24) is 5.32 Å². The molecule has 0 radical (unpaired) electrons. The molecule has 4 aliphatic carbocycles. The van der Waals surface area contributed by atoms with Crippen molar-refractivity contribution in [2.75, 3.05) is 0 Å². The maximum absolute atomic E-state index is 12.3. The number of carboxylic acids is 1. The van der Waals surface area contributed by atoms with E-state index in [1.165, 1.54) is 19.3 Å². The van der Waals surface area contributed by atoms with Crippen LogP contribution in [0.15, 0.2) is 12.2 Å². The Morgan fingerprint density at radius 3 is 2.32 bits per heavy atom. The van der Waals surface area contributed by atoms with Gasteiger partial charge in [0.2, 0.25) is 5.91 Å². The molecule has 102 valence electrons. The lowest BCUT2D eigenvalue weighted by Gasteiger charge is -2.14. The van der Waals surface area contributed by atoms with Gasteiger partial charge in [-0.15, -0.1) is 0 Å². The first-order chi connectivity index (χ1) is 9.15.